The van der Waals surface area contributed by atoms with Crippen molar-refractivity contribution in [3.05, 3.63) is 0 Å². The van der Waals surface area contributed by atoms with Gasteiger partial charge in [-0.25, -0.2) is 0 Å². The van der Waals surface area contributed by atoms with E-state index in [1.807, 2.05) is 0 Å². The van der Waals surface area contributed by atoms with Crippen molar-refractivity contribution in [1.29, 1.82) is 0 Å². The van der Waals surface area contributed by atoms with Gasteiger partial charge >= 0.3 is 0 Å². The normalized spacial score (nSPS) is 19.2. The summed E-state index contributed by atoms with van der Waals surface area (Å²) in [6.45, 7) is 41.3. The highest BCUT2D eigenvalue weighted by atomic mass is 15.2. The van der Waals surface area contributed by atoms with Crippen LogP contribution in [-0.4, -0.2) is 63.7 Å². The molecule has 0 aromatic heterocycles. The van der Waals surface area contributed by atoms with E-state index < -0.39 is 0 Å². The number of likely N-dealkylation sites (tertiary alicyclic amines) is 1. The van der Waals surface area contributed by atoms with E-state index in [-0.39, 0.29) is 10.8 Å². The molecule has 1 saturated heterocycles. The summed E-state index contributed by atoms with van der Waals surface area (Å²) in [7, 11) is 6.67. The zero-order valence-corrected chi connectivity index (χ0v) is 30.2. The molecule has 3 atom stereocenters. The number of nitrogens with zero attached hydrogens (tertiary/aromatic N) is 2. The molecule has 1 aliphatic heterocycles. The Labute approximate surface area is 248 Å². The predicted molar refractivity (Wildman–Crippen MR) is 177 cm³/mol. The van der Waals surface area contributed by atoms with Crippen molar-refractivity contribution in [2.45, 2.75) is 129 Å². The van der Waals surface area contributed by atoms with Gasteiger partial charge in [-0.1, -0.05) is 96.9 Å². The van der Waals surface area contributed by atoms with Crippen LogP contribution in [0.1, 0.15) is 129 Å². The molecular formula is C36H75N3. The van der Waals surface area contributed by atoms with Crippen molar-refractivity contribution in [2.75, 3.05) is 53.9 Å². The minimum absolute atomic E-state index is 0.276. The molecule has 1 aliphatic rings. The fourth-order valence-electron chi connectivity index (χ4n) is 8.38. The Morgan fingerprint density at radius 2 is 0.949 bits per heavy atom. The van der Waals surface area contributed by atoms with Crippen LogP contribution in [0.5, 0.6) is 0 Å². The summed E-state index contributed by atoms with van der Waals surface area (Å²) < 4.78 is 0. The van der Waals surface area contributed by atoms with Crippen LogP contribution in [0.25, 0.3) is 0 Å². The van der Waals surface area contributed by atoms with Gasteiger partial charge in [-0.15, -0.1) is 0 Å². The van der Waals surface area contributed by atoms with E-state index in [0.717, 1.165) is 13.1 Å². The highest BCUT2D eigenvalue weighted by Crippen LogP contribution is 2.52. The van der Waals surface area contributed by atoms with Crippen molar-refractivity contribution >= 4 is 0 Å². The first-order valence-corrected chi connectivity index (χ1v) is 16.4. The Kier molecular flexibility index (Phi) is 12.7. The summed E-state index contributed by atoms with van der Waals surface area (Å²) in [6.07, 6.45) is 6.53. The molecule has 0 aromatic rings. The Balaban J connectivity index is 3.13. The lowest BCUT2D eigenvalue weighted by atomic mass is 9.56. The third-order valence-electron chi connectivity index (χ3n) is 11.0. The zero-order chi connectivity index (χ0) is 30.7. The zero-order valence-electron chi connectivity index (χ0n) is 30.2. The first kappa shape index (κ1) is 36.9. The summed E-state index contributed by atoms with van der Waals surface area (Å²) in [5.74, 6) is 2.00. The number of nitrogens with one attached hydrogen (secondary N) is 1. The van der Waals surface area contributed by atoms with Gasteiger partial charge in [-0.05, 0) is 123 Å². The number of hydrogen-bond acceptors (Lipinski definition) is 3. The van der Waals surface area contributed by atoms with Gasteiger partial charge in [0.05, 0.1) is 0 Å². The maximum absolute atomic E-state index is 3.51. The minimum atomic E-state index is 0.276. The summed E-state index contributed by atoms with van der Waals surface area (Å²) in [4.78, 5) is 5.15. The third kappa shape index (κ3) is 10.9. The SMILES string of the molecule is CNC[C@@H](C(C)(C)C)C(C)(C)CCC(C)(C)[C@H](CN(C)C)C(C)(C)CCC(C)(C)[C@H](CN1CCC1)C(C)(C)C. The average Bonchev–Trinajstić information content (AvgIpc) is 2.70. The molecule has 234 valence electrons. The van der Waals surface area contributed by atoms with E-state index in [1.165, 1.54) is 51.7 Å². The molecule has 1 heterocycles. The van der Waals surface area contributed by atoms with Crippen LogP contribution in [0, 0.1) is 50.2 Å². The topological polar surface area (TPSA) is 18.5 Å². The number of rotatable bonds is 16. The van der Waals surface area contributed by atoms with Gasteiger partial charge in [-0.2, -0.15) is 0 Å². The second-order valence-electron chi connectivity index (χ2n) is 18.8. The molecule has 1 N–H and O–H groups in total. The Bertz CT molecular complexity index is 713. The maximum Gasteiger partial charge on any atom is 0.00198 e. The second kappa shape index (κ2) is 13.5. The Morgan fingerprint density at radius 3 is 1.23 bits per heavy atom. The predicted octanol–water partition coefficient (Wildman–Crippen LogP) is 9.08. The smallest absolute Gasteiger partial charge is 0.00198 e. The Morgan fingerprint density at radius 1 is 0.590 bits per heavy atom. The fourth-order valence-corrected chi connectivity index (χ4v) is 8.38. The van der Waals surface area contributed by atoms with Gasteiger partial charge in [0.25, 0.3) is 0 Å². The van der Waals surface area contributed by atoms with E-state index in [2.05, 4.69) is 133 Å². The first-order chi connectivity index (χ1) is 17.4. The monoisotopic (exact) mass is 550 g/mol. The molecule has 39 heavy (non-hydrogen) atoms. The highest BCUT2D eigenvalue weighted by molar-refractivity contribution is 4.96. The van der Waals surface area contributed by atoms with E-state index >= 15 is 0 Å². The second-order valence-corrected chi connectivity index (χ2v) is 18.8. The van der Waals surface area contributed by atoms with E-state index in [1.54, 1.807) is 0 Å². The molecule has 0 spiro atoms. The van der Waals surface area contributed by atoms with Crippen LogP contribution in [0.15, 0.2) is 0 Å². The molecule has 3 nitrogen and oxygen atoms in total. The fraction of sp³-hybridized carbons (Fsp3) is 1.00. The highest BCUT2D eigenvalue weighted by Gasteiger charge is 2.45. The van der Waals surface area contributed by atoms with Crippen molar-refractivity contribution < 1.29 is 0 Å². The molecule has 0 radical (unpaired) electrons. The molecule has 3 heteroatoms. The lowest BCUT2D eigenvalue weighted by molar-refractivity contribution is -0.0135. The summed E-state index contributed by atoms with van der Waals surface area (Å²) in [6, 6.07) is 0. The third-order valence-corrected chi connectivity index (χ3v) is 11.0. The van der Waals surface area contributed by atoms with Crippen LogP contribution < -0.4 is 5.32 Å². The van der Waals surface area contributed by atoms with Crippen LogP contribution in [0.4, 0.5) is 0 Å². The van der Waals surface area contributed by atoms with Crippen molar-refractivity contribution in [3.8, 4) is 0 Å². The molecule has 0 aromatic carbocycles. The summed E-state index contributed by atoms with van der Waals surface area (Å²) in [5, 5.41) is 3.51. The quantitative estimate of drug-likeness (QED) is 0.207. The largest absolute Gasteiger partial charge is 0.319 e. The number of hydrogen-bond donors (Lipinski definition) is 1. The lowest BCUT2D eigenvalue weighted by Crippen LogP contribution is -2.49. The lowest BCUT2D eigenvalue weighted by Gasteiger charge is -2.51. The van der Waals surface area contributed by atoms with E-state index in [0.29, 0.717) is 39.4 Å². The van der Waals surface area contributed by atoms with Crippen LogP contribution in [0.2, 0.25) is 0 Å². The van der Waals surface area contributed by atoms with Crippen molar-refractivity contribution in [3.63, 3.8) is 0 Å². The summed E-state index contributed by atoms with van der Waals surface area (Å²) >= 11 is 0. The minimum Gasteiger partial charge on any atom is -0.319 e. The summed E-state index contributed by atoms with van der Waals surface area (Å²) in [5.41, 5.74) is 1.80. The average molecular weight is 550 g/mol. The van der Waals surface area contributed by atoms with E-state index in [9.17, 15) is 0 Å². The van der Waals surface area contributed by atoms with Gasteiger partial charge < -0.3 is 15.1 Å². The first-order valence-electron chi connectivity index (χ1n) is 16.4. The van der Waals surface area contributed by atoms with Crippen molar-refractivity contribution in [1.82, 2.24) is 15.1 Å². The molecular weight excluding hydrogens is 474 g/mol. The standard InChI is InChI=1S/C36H75N3/c1-31(2,3)28(25-37-15)33(7,8)19-21-35(11,12)30(26-38(16)17)36(13,14)22-20-34(9,10)29(32(4,5)6)27-39-23-18-24-39/h28-30,37H,18-27H2,1-17H3/t28-,29+,30-/m0/s1. The van der Waals surface area contributed by atoms with Gasteiger partial charge in [0, 0.05) is 13.1 Å². The molecule has 0 saturated carbocycles. The molecule has 0 aliphatic carbocycles. The van der Waals surface area contributed by atoms with Gasteiger partial charge in [0.2, 0.25) is 0 Å². The molecule has 1 fully saturated rings. The molecule has 0 amide bonds. The van der Waals surface area contributed by atoms with Gasteiger partial charge in [-0.3, -0.25) is 0 Å². The van der Waals surface area contributed by atoms with Crippen LogP contribution >= 0.6 is 0 Å². The maximum atomic E-state index is 3.51. The molecule has 0 bridgehead atoms. The van der Waals surface area contributed by atoms with Gasteiger partial charge in [0.1, 0.15) is 0 Å². The van der Waals surface area contributed by atoms with Crippen LogP contribution in [-0.2, 0) is 0 Å². The molecule has 1 rings (SSSR count). The van der Waals surface area contributed by atoms with Crippen molar-refractivity contribution in [2.24, 2.45) is 50.2 Å². The van der Waals surface area contributed by atoms with Gasteiger partial charge in [0.15, 0.2) is 0 Å². The Hall–Kier alpha value is -0.120. The van der Waals surface area contributed by atoms with Crippen LogP contribution in [0.3, 0.4) is 0 Å². The molecule has 0 unspecified atom stereocenters. The van der Waals surface area contributed by atoms with E-state index in [4.69, 9.17) is 0 Å².